The Hall–Kier alpha value is -3.85. The van der Waals surface area contributed by atoms with E-state index in [1.54, 1.807) is 6.92 Å². The molecule has 3 nitrogen and oxygen atoms in total. The number of hydrogen-bond acceptors (Lipinski definition) is 3. The van der Waals surface area contributed by atoms with Crippen LogP contribution in [0.5, 0.6) is 11.5 Å². The molecule has 4 aromatic carbocycles. The predicted octanol–water partition coefficient (Wildman–Crippen LogP) is 6.76. The molecule has 33 heavy (non-hydrogen) atoms. The summed E-state index contributed by atoms with van der Waals surface area (Å²) in [6.07, 6.45) is 0.346. The van der Waals surface area contributed by atoms with Crippen molar-refractivity contribution >= 4 is 5.97 Å². The summed E-state index contributed by atoms with van der Waals surface area (Å²) in [5, 5.41) is 0. The lowest BCUT2D eigenvalue weighted by atomic mass is 9.68. The second-order valence-electron chi connectivity index (χ2n) is 8.15. The minimum absolute atomic E-state index is 0.236. The molecule has 0 bridgehead atoms. The average Bonchev–Trinajstić information content (AvgIpc) is 3.16. The first-order valence-electron chi connectivity index (χ1n) is 11.4. The molecule has 0 fully saturated rings. The van der Waals surface area contributed by atoms with Gasteiger partial charge in [-0.05, 0) is 64.6 Å². The van der Waals surface area contributed by atoms with E-state index in [2.05, 4.69) is 72.8 Å². The first-order valence-corrected chi connectivity index (χ1v) is 11.4. The number of hydrogen-bond donors (Lipinski definition) is 0. The van der Waals surface area contributed by atoms with Crippen LogP contribution in [0.1, 0.15) is 42.5 Å². The van der Waals surface area contributed by atoms with E-state index in [1.807, 2.05) is 31.2 Å². The van der Waals surface area contributed by atoms with Crippen molar-refractivity contribution in [3.63, 3.8) is 0 Å². The highest BCUT2D eigenvalue weighted by Crippen LogP contribution is 2.56. The molecule has 1 aliphatic rings. The summed E-state index contributed by atoms with van der Waals surface area (Å²) in [5.74, 6) is 1.19. The maximum atomic E-state index is 11.8. The summed E-state index contributed by atoms with van der Waals surface area (Å²) in [5.41, 5.74) is 6.78. The lowest BCUT2D eigenvalue weighted by molar-refractivity contribution is -0.134. The Morgan fingerprint density at radius 2 is 1.15 bits per heavy atom. The van der Waals surface area contributed by atoms with Crippen molar-refractivity contribution in [3.8, 4) is 22.6 Å². The molecule has 1 aliphatic carbocycles. The number of benzene rings is 4. The number of rotatable bonds is 6. The molecule has 0 atom stereocenters. The van der Waals surface area contributed by atoms with Gasteiger partial charge in [0.15, 0.2) is 0 Å². The normalized spacial score (nSPS) is 13.2. The van der Waals surface area contributed by atoms with E-state index in [0.29, 0.717) is 18.8 Å². The van der Waals surface area contributed by atoms with Crippen molar-refractivity contribution in [3.05, 3.63) is 119 Å². The molecule has 0 N–H and O–H groups in total. The molecular weight excluding hydrogens is 408 g/mol. The van der Waals surface area contributed by atoms with Crippen LogP contribution in [0.3, 0.4) is 0 Å². The number of esters is 1. The van der Waals surface area contributed by atoms with E-state index in [0.717, 1.165) is 11.3 Å². The minimum atomic E-state index is -0.481. The van der Waals surface area contributed by atoms with Gasteiger partial charge in [0.05, 0.1) is 12.0 Å². The Kier molecular flexibility index (Phi) is 5.47. The van der Waals surface area contributed by atoms with Crippen LogP contribution in [0, 0.1) is 0 Å². The number of carbonyl (C=O) groups excluding carboxylic acids is 1. The Morgan fingerprint density at radius 3 is 1.64 bits per heavy atom. The number of ether oxygens (including phenoxy) is 2. The molecule has 3 heteroatoms. The molecule has 4 aromatic rings. The Morgan fingerprint density at radius 1 is 0.667 bits per heavy atom. The van der Waals surface area contributed by atoms with Crippen LogP contribution in [0.25, 0.3) is 11.1 Å². The molecule has 5 rings (SSSR count). The van der Waals surface area contributed by atoms with Gasteiger partial charge in [-0.15, -0.1) is 0 Å². The van der Waals surface area contributed by atoms with Gasteiger partial charge in [-0.25, -0.2) is 0 Å². The lowest BCUT2D eigenvalue weighted by Crippen LogP contribution is -2.28. The monoisotopic (exact) mass is 434 g/mol. The van der Waals surface area contributed by atoms with Crippen LogP contribution in [0.4, 0.5) is 0 Å². The van der Waals surface area contributed by atoms with Gasteiger partial charge in [0.25, 0.3) is 0 Å². The maximum Gasteiger partial charge on any atom is 0.310 e. The van der Waals surface area contributed by atoms with Gasteiger partial charge in [-0.2, -0.15) is 0 Å². The van der Waals surface area contributed by atoms with Gasteiger partial charge in [-0.3, -0.25) is 4.79 Å². The standard InChI is InChI=1S/C30H26O3/c1-3-29(31)33-24-19-15-22(16-20-24)30(21-13-17-23(18-14-21)32-4-2)27-11-7-5-9-25(27)26-10-6-8-12-28(26)30/h5-20H,3-4H2,1-2H3. The topological polar surface area (TPSA) is 35.5 Å². The zero-order valence-electron chi connectivity index (χ0n) is 18.9. The van der Waals surface area contributed by atoms with E-state index in [1.165, 1.54) is 27.8 Å². The first kappa shape index (κ1) is 21.0. The van der Waals surface area contributed by atoms with Crippen LogP contribution in [-0.4, -0.2) is 12.6 Å². The van der Waals surface area contributed by atoms with Crippen LogP contribution < -0.4 is 9.47 Å². The van der Waals surface area contributed by atoms with E-state index in [4.69, 9.17) is 9.47 Å². The third-order valence-corrected chi connectivity index (χ3v) is 6.36. The van der Waals surface area contributed by atoms with E-state index < -0.39 is 5.41 Å². The molecule has 164 valence electrons. The highest BCUT2D eigenvalue weighted by Gasteiger charge is 2.45. The van der Waals surface area contributed by atoms with Crippen LogP contribution in [0.2, 0.25) is 0 Å². The smallest absolute Gasteiger partial charge is 0.310 e. The molecule has 0 spiro atoms. The SMILES string of the molecule is CCOc1ccc(C2(c3ccc(OC(=O)CC)cc3)c3ccccc3-c3ccccc32)cc1. The Balaban J connectivity index is 1.75. The third kappa shape index (κ3) is 3.41. The first-order chi connectivity index (χ1) is 16.2. The lowest BCUT2D eigenvalue weighted by Gasteiger charge is -2.34. The molecule has 0 radical (unpaired) electrons. The summed E-state index contributed by atoms with van der Waals surface area (Å²) < 4.78 is 11.2. The van der Waals surface area contributed by atoms with E-state index in [-0.39, 0.29) is 5.97 Å². The van der Waals surface area contributed by atoms with Gasteiger partial charge in [0.1, 0.15) is 11.5 Å². The van der Waals surface area contributed by atoms with Crippen molar-refractivity contribution in [2.24, 2.45) is 0 Å². The van der Waals surface area contributed by atoms with E-state index >= 15 is 0 Å². The fraction of sp³-hybridized carbons (Fsp3) is 0.167. The highest BCUT2D eigenvalue weighted by atomic mass is 16.5. The van der Waals surface area contributed by atoms with Gasteiger partial charge >= 0.3 is 5.97 Å². The maximum absolute atomic E-state index is 11.8. The summed E-state index contributed by atoms with van der Waals surface area (Å²) in [6, 6.07) is 33.6. The summed E-state index contributed by atoms with van der Waals surface area (Å²) in [7, 11) is 0. The molecular formula is C30H26O3. The van der Waals surface area contributed by atoms with Gasteiger partial charge in [-0.1, -0.05) is 79.7 Å². The number of carbonyl (C=O) groups is 1. The van der Waals surface area contributed by atoms with Crippen molar-refractivity contribution in [1.82, 2.24) is 0 Å². The van der Waals surface area contributed by atoms with Crippen molar-refractivity contribution in [1.29, 1.82) is 0 Å². The summed E-state index contributed by atoms with van der Waals surface area (Å²) in [6.45, 7) is 4.42. The van der Waals surface area contributed by atoms with Crippen LogP contribution in [-0.2, 0) is 10.2 Å². The second-order valence-corrected chi connectivity index (χ2v) is 8.15. The fourth-order valence-electron chi connectivity index (χ4n) is 4.97. The minimum Gasteiger partial charge on any atom is -0.494 e. The fourth-order valence-corrected chi connectivity index (χ4v) is 4.97. The number of fused-ring (bicyclic) bond motifs is 3. The molecule has 0 unspecified atom stereocenters. The molecule has 0 aliphatic heterocycles. The molecule has 0 amide bonds. The largest absolute Gasteiger partial charge is 0.494 e. The quantitative estimate of drug-likeness (QED) is 0.219. The Bertz CT molecular complexity index is 1240. The van der Waals surface area contributed by atoms with E-state index in [9.17, 15) is 4.79 Å². The van der Waals surface area contributed by atoms with Crippen molar-refractivity contribution in [2.75, 3.05) is 6.61 Å². The molecule has 0 saturated carbocycles. The van der Waals surface area contributed by atoms with Crippen molar-refractivity contribution in [2.45, 2.75) is 25.7 Å². The molecule has 0 heterocycles. The van der Waals surface area contributed by atoms with Gasteiger partial charge < -0.3 is 9.47 Å². The predicted molar refractivity (Wildman–Crippen MR) is 131 cm³/mol. The zero-order chi connectivity index (χ0) is 22.8. The van der Waals surface area contributed by atoms with Gasteiger partial charge in [0.2, 0.25) is 0 Å². The summed E-state index contributed by atoms with van der Waals surface area (Å²) >= 11 is 0. The second kappa shape index (κ2) is 8.59. The molecule has 0 saturated heterocycles. The average molecular weight is 435 g/mol. The van der Waals surface area contributed by atoms with Crippen LogP contribution in [0.15, 0.2) is 97.1 Å². The highest BCUT2D eigenvalue weighted by molar-refractivity contribution is 5.86. The zero-order valence-corrected chi connectivity index (χ0v) is 18.9. The summed E-state index contributed by atoms with van der Waals surface area (Å²) in [4.78, 5) is 11.8. The van der Waals surface area contributed by atoms with Gasteiger partial charge in [0, 0.05) is 6.42 Å². The molecule has 0 aromatic heterocycles. The third-order valence-electron chi connectivity index (χ3n) is 6.36. The van der Waals surface area contributed by atoms with Crippen molar-refractivity contribution < 1.29 is 14.3 Å². The Labute approximate surface area is 194 Å². The van der Waals surface area contributed by atoms with Crippen LogP contribution >= 0.6 is 0 Å².